The molecule has 1 aliphatic rings. The molecule has 6 heteroatoms. The van der Waals surface area contributed by atoms with Crippen molar-refractivity contribution >= 4 is 18.6 Å². The number of carbonyl (C=O) groups is 1. The summed E-state index contributed by atoms with van der Waals surface area (Å²) in [4.78, 5) is 11.6. The van der Waals surface area contributed by atoms with Crippen LogP contribution < -0.4 is 5.46 Å². The summed E-state index contributed by atoms with van der Waals surface area (Å²) in [6.07, 6.45) is 0.0748. The molecule has 22 heavy (non-hydrogen) atoms. The average Bonchev–Trinajstić information content (AvgIpc) is 2.66. The van der Waals surface area contributed by atoms with E-state index in [1.807, 2.05) is 27.7 Å². The van der Waals surface area contributed by atoms with Gasteiger partial charge in [-0.15, -0.1) is 0 Å². The Hall–Kier alpha value is -1.84. The molecule has 0 N–H and O–H groups in total. The first kappa shape index (κ1) is 16.5. The first-order valence-corrected chi connectivity index (χ1v) is 7.15. The van der Waals surface area contributed by atoms with Crippen molar-refractivity contribution < 1.29 is 18.8 Å². The number of methoxy groups -OCH3 is 1. The quantitative estimate of drug-likeness (QED) is 0.626. The number of benzene rings is 1. The molecule has 1 heterocycles. The van der Waals surface area contributed by atoms with Crippen LogP contribution in [0.25, 0.3) is 0 Å². The lowest BCUT2D eigenvalue weighted by Gasteiger charge is -2.32. The highest BCUT2D eigenvalue weighted by molar-refractivity contribution is 6.62. The zero-order chi connectivity index (χ0) is 16.5. The van der Waals surface area contributed by atoms with Crippen LogP contribution in [-0.2, 0) is 25.3 Å². The first-order chi connectivity index (χ1) is 10.2. The predicted octanol–water partition coefficient (Wildman–Crippen LogP) is 1.57. The van der Waals surface area contributed by atoms with E-state index < -0.39 is 18.3 Å². The molecule has 5 nitrogen and oxygen atoms in total. The van der Waals surface area contributed by atoms with Gasteiger partial charge in [0.2, 0.25) is 0 Å². The molecule has 1 aromatic rings. The van der Waals surface area contributed by atoms with Crippen molar-refractivity contribution in [1.29, 1.82) is 5.26 Å². The number of esters is 1. The van der Waals surface area contributed by atoms with Gasteiger partial charge in [0, 0.05) is 0 Å². The molecule has 0 saturated carbocycles. The minimum Gasteiger partial charge on any atom is -0.469 e. The van der Waals surface area contributed by atoms with Gasteiger partial charge in [0.1, 0.15) is 0 Å². The molecule has 1 aromatic carbocycles. The van der Waals surface area contributed by atoms with Crippen LogP contribution >= 0.6 is 0 Å². The van der Waals surface area contributed by atoms with Crippen LogP contribution in [0.3, 0.4) is 0 Å². The van der Waals surface area contributed by atoms with E-state index in [2.05, 4.69) is 6.07 Å². The highest BCUT2D eigenvalue weighted by Gasteiger charge is 2.52. The second-order valence-corrected chi connectivity index (χ2v) is 6.37. The van der Waals surface area contributed by atoms with Gasteiger partial charge < -0.3 is 14.0 Å². The van der Waals surface area contributed by atoms with Gasteiger partial charge in [0.25, 0.3) is 0 Å². The highest BCUT2D eigenvalue weighted by atomic mass is 16.7. The maximum absolute atomic E-state index is 11.6. The summed E-state index contributed by atoms with van der Waals surface area (Å²) in [6.45, 7) is 7.88. The summed E-state index contributed by atoms with van der Waals surface area (Å²) in [5.41, 5.74) is 0.994. The van der Waals surface area contributed by atoms with Crippen LogP contribution in [0, 0.1) is 11.3 Å². The third kappa shape index (κ3) is 3.01. The fourth-order valence-electron chi connectivity index (χ4n) is 2.26. The van der Waals surface area contributed by atoms with Crippen LogP contribution in [0.4, 0.5) is 0 Å². The van der Waals surface area contributed by atoms with E-state index in [0.717, 1.165) is 5.46 Å². The van der Waals surface area contributed by atoms with E-state index in [1.54, 1.807) is 18.2 Å². The molecular weight excluding hydrogens is 281 g/mol. The lowest BCUT2D eigenvalue weighted by Crippen LogP contribution is -2.41. The second kappa shape index (κ2) is 5.75. The average molecular weight is 301 g/mol. The van der Waals surface area contributed by atoms with Crippen molar-refractivity contribution in [2.45, 2.75) is 45.3 Å². The number of hydrogen-bond donors (Lipinski definition) is 0. The van der Waals surface area contributed by atoms with Crippen LogP contribution in [0.15, 0.2) is 18.2 Å². The van der Waals surface area contributed by atoms with E-state index in [0.29, 0.717) is 11.1 Å². The minimum absolute atomic E-state index is 0.0748. The molecular formula is C16H20BNO4. The summed E-state index contributed by atoms with van der Waals surface area (Å²) in [5.74, 6) is -0.368. The molecule has 1 saturated heterocycles. The summed E-state index contributed by atoms with van der Waals surface area (Å²) in [5, 5.41) is 9.05. The van der Waals surface area contributed by atoms with E-state index in [9.17, 15) is 4.79 Å². The zero-order valence-corrected chi connectivity index (χ0v) is 13.6. The van der Waals surface area contributed by atoms with Gasteiger partial charge in [-0.05, 0) is 50.9 Å². The van der Waals surface area contributed by atoms with Crippen molar-refractivity contribution in [3.63, 3.8) is 0 Å². The van der Waals surface area contributed by atoms with E-state index >= 15 is 0 Å². The number of nitriles is 1. The Morgan fingerprint density at radius 2 is 1.86 bits per heavy atom. The van der Waals surface area contributed by atoms with Crippen LogP contribution in [-0.4, -0.2) is 31.4 Å². The van der Waals surface area contributed by atoms with Gasteiger partial charge in [-0.25, -0.2) is 0 Å². The lowest BCUT2D eigenvalue weighted by molar-refractivity contribution is -0.139. The molecule has 0 aromatic heterocycles. The maximum atomic E-state index is 11.6. The molecule has 0 aliphatic carbocycles. The molecule has 1 aliphatic heterocycles. The van der Waals surface area contributed by atoms with Gasteiger partial charge in [-0.1, -0.05) is 6.07 Å². The number of ether oxygens (including phenoxy) is 1. The third-order valence-corrected chi connectivity index (χ3v) is 4.34. The van der Waals surface area contributed by atoms with Crippen molar-refractivity contribution in [1.82, 2.24) is 0 Å². The van der Waals surface area contributed by atoms with Crippen molar-refractivity contribution in [2.75, 3.05) is 7.11 Å². The Kier molecular flexibility index (Phi) is 4.32. The summed E-state index contributed by atoms with van der Waals surface area (Å²) < 4.78 is 16.8. The van der Waals surface area contributed by atoms with E-state index in [1.165, 1.54) is 7.11 Å². The zero-order valence-electron chi connectivity index (χ0n) is 13.6. The van der Waals surface area contributed by atoms with E-state index in [4.69, 9.17) is 19.3 Å². The normalized spacial score (nSPS) is 18.8. The molecule has 1 fully saturated rings. The Balaban J connectivity index is 2.39. The molecule has 0 radical (unpaired) electrons. The van der Waals surface area contributed by atoms with Gasteiger partial charge >= 0.3 is 13.1 Å². The molecule has 2 rings (SSSR count). The molecule has 0 spiro atoms. The number of rotatable bonds is 3. The van der Waals surface area contributed by atoms with Crippen LogP contribution in [0.5, 0.6) is 0 Å². The molecule has 0 atom stereocenters. The minimum atomic E-state index is -0.572. The van der Waals surface area contributed by atoms with Crippen molar-refractivity contribution in [3.8, 4) is 6.07 Å². The molecule has 0 bridgehead atoms. The molecule has 116 valence electrons. The van der Waals surface area contributed by atoms with Gasteiger partial charge in [-0.2, -0.15) is 5.26 Å². The lowest BCUT2D eigenvalue weighted by atomic mass is 9.75. The number of nitrogens with zero attached hydrogens (tertiary/aromatic N) is 1. The SMILES string of the molecule is COC(=O)Cc1cc(C#N)ccc1B1OC(C)(C)C(C)(C)O1. The van der Waals surface area contributed by atoms with E-state index in [-0.39, 0.29) is 12.4 Å². The van der Waals surface area contributed by atoms with Gasteiger partial charge in [-0.3, -0.25) is 4.79 Å². The maximum Gasteiger partial charge on any atom is 0.495 e. The standard InChI is InChI=1S/C16H20BNO4/c1-15(2)16(3,4)22-17(21-15)13-7-6-11(10-18)8-12(13)9-14(19)20-5/h6-8H,9H2,1-5H3. The fourth-order valence-corrected chi connectivity index (χ4v) is 2.26. The Morgan fingerprint density at radius 3 is 2.36 bits per heavy atom. The number of carbonyl (C=O) groups excluding carboxylic acids is 1. The number of hydrogen-bond acceptors (Lipinski definition) is 5. The van der Waals surface area contributed by atoms with Crippen molar-refractivity contribution in [3.05, 3.63) is 29.3 Å². The topological polar surface area (TPSA) is 68.6 Å². The third-order valence-electron chi connectivity index (χ3n) is 4.34. The molecule has 0 amide bonds. The monoisotopic (exact) mass is 301 g/mol. The molecule has 0 unspecified atom stereocenters. The highest BCUT2D eigenvalue weighted by Crippen LogP contribution is 2.36. The van der Waals surface area contributed by atoms with Crippen LogP contribution in [0.1, 0.15) is 38.8 Å². The summed E-state index contributed by atoms with van der Waals surface area (Å²) >= 11 is 0. The predicted molar refractivity (Wildman–Crippen MR) is 82.6 cm³/mol. The summed E-state index contributed by atoms with van der Waals surface area (Å²) in [7, 11) is 0.766. The first-order valence-electron chi connectivity index (χ1n) is 7.15. The van der Waals surface area contributed by atoms with Gasteiger partial charge in [0.05, 0.1) is 36.4 Å². The largest absolute Gasteiger partial charge is 0.495 e. The Labute approximate surface area is 131 Å². The second-order valence-electron chi connectivity index (χ2n) is 6.37. The van der Waals surface area contributed by atoms with Crippen LogP contribution in [0.2, 0.25) is 0 Å². The Morgan fingerprint density at radius 1 is 1.27 bits per heavy atom. The van der Waals surface area contributed by atoms with Crippen molar-refractivity contribution in [2.24, 2.45) is 0 Å². The fraction of sp³-hybridized carbons (Fsp3) is 0.500. The Bertz CT molecular complexity index is 618. The van der Waals surface area contributed by atoms with Gasteiger partial charge in [0.15, 0.2) is 0 Å². The smallest absolute Gasteiger partial charge is 0.469 e. The summed E-state index contributed by atoms with van der Waals surface area (Å²) in [6, 6.07) is 7.23.